The van der Waals surface area contributed by atoms with Crippen molar-refractivity contribution in [2.45, 2.75) is 18.6 Å². The number of nitro benzene ring substituents is 1. The van der Waals surface area contributed by atoms with Gasteiger partial charge in [0.05, 0.1) is 10.6 Å². The SMILES string of the molecule is CCNC(=O)C[C@@H]1SC(=Nc2cccc([N+](=O)[O-])c2)N(C)C1=O. The Morgan fingerprint density at radius 1 is 1.52 bits per heavy atom. The van der Waals surface area contributed by atoms with Crippen molar-refractivity contribution in [3.63, 3.8) is 0 Å². The maximum atomic E-state index is 12.2. The van der Waals surface area contributed by atoms with E-state index in [-0.39, 0.29) is 23.9 Å². The number of nitrogens with one attached hydrogen (secondary N) is 1. The Morgan fingerprint density at radius 3 is 2.91 bits per heavy atom. The zero-order valence-corrected chi connectivity index (χ0v) is 13.5. The molecular weight excluding hydrogens is 320 g/mol. The van der Waals surface area contributed by atoms with Crippen molar-refractivity contribution >= 4 is 40.1 Å². The average molecular weight is 336 g/mol. The normalized spacial score (nSPS) is 19.2. The molecule has 1 heterocycles. The molecule has 1 aromatic carbocycles. The summed E-state index contributed by atoms with van der Waals surface area (Å²) in [7, 11) is 1.57. The van der Waals surface area contributed by atoms with Crippen LogP contribution >= 0.6 is 11.8 Å². The van der Waals surface area contributed by atoms with Crippen LogP contribution in [-0.2, 0) is 9.59 Å². The third-order valence-corrected chi connectivity index (χ3v) is 4.38. The van der Waals surface area contributed by atoms with Gasteiger partial charge >= 0.3 is 0 Å². The Balaban J connectivity index is 2.17. The Morgan fingerprint density at radius 2 is 2.26 bits per heavy atom. The molecule has 23 heavy (non-hydrogen) atoms. The van der Waals surface area contributed by atoms with Gasteiger partial charge in [-0.15, -0.1) is 0 Å². The van der Waals surface area contributed by atoms with Gasteiger partial charge < -0.3 is 5.32 Å². The first kappa shape index (κ1) is 16.9. The molecule has 8 nitrogen and oxygen atoms in total. The highest BCUT2D eigenvalue weighted by atomic mass is 32.2. The Kier molecular flexibility index (Phi) is 5.32. The summed E-state index contributed by atoms with van der Waals surface area (Å²) in [5, 5.41) is 13.3. The van der Waals surface area contributed by atoms with Crippen molar-refractivity contribution in [3.05, 3.63) is 34.4 Å². The first-order valence-electron chi connectivity index (χ1n) is 6.96. The summed E-state index contributed by atoms with van der Waals surface area (Å²) in [5.41, 5.74) is 0.322. The lowest BCUT2D eigenvalue weighted by atomic mass is 10.2. The van der Waals surface area contributed by atoms with Crippen LogP contribution in [0.2, 0.25) is 0 Å². The highest BCUT2D eigenvalue weighted by molar-refractivity contribution is 8.15. The van der Waals surface area contributed by atoms with Gasteiger partial charge in [0.2, 0.25) is 11.8 Å². The molecule has 122 valence electrons. The molecule has 0 saturated carbocycles. The van der Waals surface area contributed by atoms with E-state index in [9.17, 15) is 19.7 Å². The number of nitro groups is 1. The van der Waals surface area contributed by atoms with Crippen LogP contribution in [0.4, 0.5) is 11.4 Å². The van der Waals surface area contributed by atoms with Gasteiger partial charge in [-0.3, -0.25) is 24.6 Å². The molecule has 0 unspecified atom stereocenters. The molecule has 0 bridgehead atoms. The van der Waals surface area contributed by atoms with E-state index in [0.29, 0.717) is 17.4 Å². The first-order valence-corrected chi connectivity index (χ1v) is 7.84. The van der Waals surface area contributed by atoms with Crippen LogP contribution in [0.25, 0.3) is 0 Å². The largest absolute Gasteiger partial charge is 0.356 e. The molecular formula is C14H16N4O4S. The minimum Gasteiger partial charge on any atom is -0.356 e. The predicted molar refractivity (Wildman–Crippen MR) is 87.6 cm³/mol. The molecule has 1 saturated heterocycles. The number of rotatable bonds is 5. The molecule has 1 atom stereocenters. The van der Waals surface area contributed by atoms with Crippen molar-refractivity contribution in [1.29, 1.82) is 0 Å². The van der Waals surface area contributed by atoms with Crippen LogP contribution in [0.5, 0.6) is 0 Å². The van der Waals surface area contributed by atoms with Gasteiger partial charge in [-0.05, 0) is 13.0 Å². The highest BCUT2D eigenvalue weighted by Crippen LogP contribution is 2.31. The maximum Gasteiger partial charge on any atom is 0.271 e. The smallest absolute Gasteiger partial charge is 0.271 e. The van der Waals surface area contributed by atoms with Crippen molar-refractivity contribution in [1.82, 2.24) is 10.2 Å². The lowest BCUT2D eigenvalue weighted by Gasteiger charge is -2.08. The summed E-state index contributed by atoms with van der Waals surface area (Å²) in [5.74, 6) is -0.395. The molecule has 1 N–H and O–H groups in total. The van der Waals surface area contributed by atoms with Gasteiger partial charge in [0.15, 0.2) is 5.17 Å². The summed E-state index contributed by atoms with van der Waals surface area (Å²) < 4.78 is 0. The van der Waals surface area contributed by atoms with E-state index in [0.717, 1.165) is 0 Å². The van der Waals surface area contributed by atoms with E-state index >= 15 is 0 Å². The molecule has 0 spiro atoms. The van der Waals surface area contributed by atoms with E-state index in [2.05, 4.69) is 10.3 Å². The molecule has 0 aromatic heterocycles. The molecule has 1 aliphatic rings. The number of non-ortho nitro benzene ring substituents is 1. The number of benzene rings is 1. The van der Waals surface area contributed by atoms with Gasteiger partial charge in [0.25, 0.3) is 5.69 Å². The van der Waals surface area contributed by atoms with E-state index in [1.807, 2.05) is 6.92 Å². The van der Waals surface area contributed by atoms with Gasteiger partial charge in [-0.1, -0.05) is 17.8 Å². The van der Waals surface area contributed by atoms with Crippen molar-refractivity contribution in [2.75, 3.05) is 13.6 Å². The number of hydrogen-bond acceptors (Lipinski definition) is 6. The predicted octanol–water partition coefficient (Wildman–Crippen LogP) is 1.68. The minimum atomic E-state index is -0.524. The number of nitrogens with zero attached hydrogens (tertiary/aromatic N) is 3. The minimum absolute atomic E-state index is 0.0669. The molecule has 1 fully saturated rings. The summed E-state index contributed by atoms with van der Waals surface area (Å²) in [6.07, 6.45) is 0.0790. The summed E-state index contributed by atoms with van der Waals surface area (Å²) >= 11 is 1.19. The summed E-state index contributed by atoms with van der Waals surface area (Å²) in [6.45, 7) is 2.32. The average Bonchev–Trinajstić information content (AvgIpc) is 2.76. The zero-order chi connectivity index (χ0) is 17.0. The molecule has 1 aliphatic heterocycles. The fourth-order valence-corrected chi connectivity index (χ4v) is 3.18. The third-order valence-electron chi connectivity index (χ3n) is 3.15. The van der Waals surface area contributed by atoms with Crippen LogP contribution in [0.3, 0.4) is 0 Å². The lowest BCUT2D eigenvalue weighted by molar-refractivity contribution is -0.384. The van der Waals surface area contributed by atoms with Crippen LogP contribution in [0, 0.1) is 10.1 Å². The van der Waals surface area contributed by atoms with Crippen molar-refractivity contribution in [3.8, 4) is 0 Å². The highest BCUT2D eigenvalue weighted by Gasteiger charge is 2.36. The number of carbonyl (C=O) groups is 2. The van der Waals surface area contributed by atoms with Crippen LogP contribution in [0.15, 0.2) is 29.3 Å². The number of aliphatic imine (C=N–C) groups is 1. The van der Waals surface area contributed by atoms with Gasteiger partial charge in [0.1, 0.15) is 5.25 Å². The van der Waals surface area contributed by atoms with Crippen LogP contribution < -0.4 is 5.32 Å². The molecule has 1 aromatic rings. The maximum absolute atomic E-state index is 12.2. The number of amidine groups is 1. The second-order valence-corrected chi connectivity index (χ2v) is 6.00. The first-order chi connectivity index (χ1) is 10.9. The zero-order valence-electron chi connectivity index (χ0n) is 12.7. The van der Waals surface area contributed by atoms with Crippen molar-refractivity contribution in [2.24, 2.45) is 4.99 Å². The Labute approximate surface area is 137 Å². The topological polar surface area (TPSA) is 105 Å². The second kappa shape index (κ2) is 7.23. The fraction of sp³-hybridized carbons (Fsp3) is 0.357. The number of amides is 2. The molecule has 0 radical (unpaired) electrons. The van der Waals surface area contributed by atoms with E-state index in [1.165, 1.54) is 34.9 Å². The van der Waals surface area contributed by atoms with Crippen LogP contribution in [0.1, 0.15) is 13.3 Å². The monoisotopic (exact) mass is 336 g/mol. The van der Waals surface area contributed by atoms with Crippen LogP contribution in [-0.4, -0.2) is 45.6 Å². The number of thioether (sulfide) groups is 1. The Hall–Kier alpha value is -2.42. The number of carbonyl (C=O) groups excluding carboxylic acids is 2. The molecule has 2 rings (SSSR count). The van der Waals surface area contributed by atoms with Gasteiger partial charge in [-0.2, -0.15) is 0 Å². The molecule has 9 heteroatoms. The van der Waals surface area contributed by atoms with E-state index in [1.54, 1.807) is 13.1 Å². The molecule has 0 aliphatic carbocycles. The quantitative estimate of drug-likeness (QED) is 0.650. The van der Waals surface area contributed by atoms with Gasteiger partial charge in [0, 0.05) is 32.1 Å². The van der Waals surface area contributed by atoms with Crippen molar-refractivity contribution < 1.29 is 14.5 Å². The van der Waals surface area contributed by atoms with E-state index in [4.69, 9.17) is 0 Å². The number of hydrogen-bond donors (Lipinski definition) is 1. The third kappa shape index (κ3) is 4.07. The van der Waals surface area contributed by atoms with Gasteiger partial charge in [-0.25, -0.2) is 4.99 Å². The standard InChI is InChI=1S/C14H16N4O4S/c1-3-15-12(19)8-11-13(20)17(2)14(23-11)16-9-5-4-6-10(7-9)18(21)22/h4-7,11H,3,8H2,1-2H3,(H,15,19)/t11-/m0/s1. The Bertz CT molecular complexity index is 676. The lowest BCUT2D eigenvalue weighted by Crippen LogP contribution is -2.32. The fourth-order valence-electron chi connectivity index (χ4n) is 2.02. The van der Waals surface area contributed by atoms with E-state index < -0.39 is 10.2 Å². The molecule has 2 amide bonds. The summed E-state index contributed by atoms with van der Waals surface area (Å²) in [6, 6.07) is 5.86. The summed E-state index contributed by atoms with van der Waals surface area (Å²) in [4.78, 5) is 39.7. The second-order valence-electron chi connectivity index (χ2n) is 4.83.